The van der Waals surface area contributed by atoms with Crippen molar-refractivity contribution in [1.29, 1.82) is 0 Å². The summed E-state index contributed by atoms with van der Waals surface area (Å²) < 4.78 is 30.6. The number of alkyl halides is 2. The fraction of sp³-hybridized carbons (Fsp3) is 0.273. The number of rotatable bonds is 8. The summed E-state index contributed by atoms with van der Waals surface area (Å²) in [4.78, 5) is 13.5. The van der Waals surface area contributed by atoms with E-state index in [-0.39, 0.29) is 18.2 Å². The number of amides is 1. The maximum atomic E-state index is 12.6. The van der Waals surface area contributed by atoms with Crippen LogP contribution in [0.1, 0.15) is 17.0 Å². The first kappa shape index (κ1) is 21.4. The Hall–Kier alpha value is -3.26. The Labute approximate surface area is 174 Å². The van der Waals surface area contributed by atoms with E-state index in [1.165, 1.54) is 12.1 Å². The summed E-state index contributed by atoms with van der Waals surface area (Å²) in [5.74, 6) is -0.00510. The summed E-state index contributed by atoms with van der Waals surface area (Å²) >= 11 is 0. The molecule has 1 atom stereocenters. The Morgan fingerprint density at radius 1 is 1.13 bits per heavy atom. The monoisotopic (exact) mass is 415 g/mol. The third-order valence-corrected chi connectivity index (χ3v) is 4.67. The number of quaternary nitrogens is 1. The van der Waals surface area contributed by atoms with Gasteiger partial charge in [-0.15, -0.1) is 0 Å². The van der Waals surface area contributed by atoms with E-state index in [9.17, 15) is 13.6 Å². The molecule has 0 aliphatic heterocycles. The summed E-state index contributed by atoms with van der Waals surface area (Å²) in [5, 5.41) is 7.51. The van der Waals surface area contributed by atoms with Crippen molar-refractivity contribution < 1.29 is 23.2 Å². The smallest absolute Gasteiger partial charge is 0.387 e. The number of ether oxygens (including phenoxy) is 1. The van der Waals surface area contributed by atoms with Crippen LogP contribution >= 0.6 is 0 Å². The van der Waals surface area contributed by atoms with Gasteiger partial charge in [0.15, 0.2) is 6.54 Å². The second-order valence-corrected chi connectivity index (χ2v) is 7.17. The molecule has 0 fully saturated rings. The van der Waals surface area contributed by atoms with Crippen LogP contribution in [0.4, 0.5) is 14.5 Å². The number of halogens is 2. The van der Waals surface area contributed by atoms with Gasteiger partial charge in [0.1, 0.15) is 12.3 Å². The molecule has 2 N–H and O–H groups in total. The molecule has 0 spiro atoms. The summed E-state index contributed by atoms with van der Waals surface area (Å²) in [6.07, 6.45) is 0. The molecule has 1 amide bonds. The zero-order chi connectivity index (χ0) is 21.7. The van der Waals surface area contributed by atoms with Gasteiger partial charge < -0.3 is 15.0 Å². The standard InChI is InChI=1S/C22H24F2N4O2/c1-15-21(16(2)28(26-15)18-7-5-4-6-8-18)25-20(29)14-27(3)13-17-9-11-19(12-10-17)30-22(23)24/h4-12,22H,13-14H2,1-3H3,(H,25,29)/p+1. The molecule has 1 aromatic heterocycles. The average Bonchev–Trinajstić information content (AvgIpc) is 2.98. The van der Waals surface area contributed by atoms with Gasteiger partial charge in [0.05, 0.1) is 29.8 Å². The normalized spacial score (nSPS) is 12.1. The Kier molecular flexibility index (Phi) is 6.79. The van der Waals surface area contributed by atoms with E-state index < -0.39 is 6.61 Å². The quantitative estimate of drug-likeness (QED) is 0.595. The Balaban J connectivity index is 1.60. The molecule has 6 nitrogen and oxygen atoms in total. The van der Waals surface area contributed by atoms with Crippen LogP contribution in [0.5, 0.6) is 5.75 Å². The highest BCUT2D eigenvalue weighted by molar-refractivity contribution is 5.92. The predicted molar refractivity (Wildman–Crippen MR) is 110 cm³/mol. The number of carbonyl (C=O) groups excluding carboxylic acids is 1. The van der Waals surface area contributed by atoms with Crippen LogP contribution in [0, 0.1) is 13.8 Å². The van der Waals surface area contributed by atoms with Crippen molar-refractivity contribution in [2.75, 3.05) is 18.9 Å². The zero-order valence-corrected chi connectivity index (χ0v) is 17.2. The minimum atomic E-state index is -2.84. The predicted octanol–water partition coefficient (Wildman–Crippen LogP) is 2.74. The highest BCUT2D eigenvalue weighted by Gasteiger charge is 2.17. The minimum absolute atomic E-state index is 0.116. The van der Waals surface area contributed by atoms with Crippen LogP contribution in [0.2, 0.25) is 0 Å². The van der Waals surface area contributed by atoms with Crippen molar-refractivity contribution in [2.24, 2.45) is 0 Å². The first-order valence-corrected chi connectivity index (χ1v) is 9.60. The highest BCUT2D eigenvalue weighted by atomic mass is 19.3. The van der Waals surface area contributed by atoms with Crippen LogP contribution in [-0.2, 0) is 11.3 Å². The Morgan fingerprint density at radius 3 is 2.43 bits per heavy atom. The third kappa shape index (κ3) is 5.42. The van der Waals surface area contributed by atoms with Crippen LogP contribution in [-0.4, -0.2) is 35.9 Å². The first-order chi connectivity index (χ1) is 14.3. The lowest BCUT2D eigenvalue weighted by molar-refractivity contribution is -0.885. The van der Waals surface area contributed by atoms with Crippen LogP contribution in [0.15, 0.2) is 54.6 Å². The van der Waals surface area contributed by atoms with E-state index in [2.05, 4.69) is 15.2 Å². The lowest BCUT2D eigenvalue weighted by atomic mass is 10.2. The van der Waals surface area contributed by atoms with Crippen molar-refractivity contribution in [2.45, 2.75) is 27.0 Å². The fourth-order valence-electron chi connectivity index (χ4n) is 3.30. The SMILES string of the molecule is Cc1nn(-c2ccccc2)c(C)c1NC(=O)C[NH+](C)Cc1ccc(OC(F)F)cc1. The van der Waals surface area contributed by atoms with Gasteiger partial charge in [-0.3, -0.25) is 4.79 Å². The molecule has 0 saturated carbocycles. The van der Waals surface area contributed by atoms with Crippen LogP contribution in [0.3, 0.4) is 0 Å². The number of hydrogen-bond donors (Lipinski definition) is 2. The number of likely N-dealkylation sites (N-methyl/N-ethyl adjacent to an activating group) is 1. The van der Waals surface area contributed by atoms with Crippen molar-refractivity contribution in [3.8, 4) is 11.4 Å². The maximum absolute atomic E-state index is 12.6. The molecule has 0 saturated heterocycles. The maximum Gasteiger partial charge on any atom is 0.387 e. The van der Waals surface area contributed by atoms with Gasteiger partial charge in [0.2, 0.25) is 0 Å². The average molecular weight is 415 g/mol. The molecule has 3 aromatic rings. The molecule has 158 valence electrons. The fourth-order valence-corrected chi connectivity index (χ4v) is 3.30. The molecule has 0 bridgehead atoms. The van der Waals surface area contributed by atoms with Gasteiger partial charge in [-0.1, -0.05) is 18.2 Å². The van der Waals surface area contributed by atoms with E-state index in [1.54, 1.807) is 12.1 Å². The summed E-state index contributed by atoms with van der Waals surface area (Å²) in [6, 6.07) is 16.2. The third-order valence-electron chi connectivity index (χ3n) is 4.67. The summed E-state index contributed by atoms with van der Waals surface area (Å²) in [5.41, 5.74) is 4.17. The Bertz CT molecular complexity index is 988. The number of hydrogen-bond acceptors (Lipinski definition) is 3. The molecule has 3 rings (SSSR count). The van der Waals surface area contributed by atoms with E-state index >= 15 is 0 Å². The largest absolute Gasteiger partial charge is 0.435 e. The first-order valence-electron chi connectivity index (χ1n) is 9.60. The van der Waals surface area contributed by atoms with Gasteiger partial charge >= 0.3 is 6.61 Å². The van der Waals surface area contributed by atoms with E-state index in [0.717, 1.165) is 27.5 Å². The van der Waals surface area contributed by atoms with Crippen LogP contribution < -0.4 is 15.0 Å². The Morgan fingerprint density at radius 2 is 1.80 bits per heavy atom. The van der Waals surface area contributed by atoms with Gasteiger partial charge in [0, 0.05) is 5.56 Å². The molecule has 0 aliphatic carbocycles. The number of benzene rings is 2. The lowest BCUT2D eigenvalue weighted by Crippen LogP contribution is -3.08. The number of anilines is 1. The van der Waals surface area contributed by atoms with Crippen molar-refractivity contribution in [3.05, 3.63) is 71.5 Å². The number of carbonyl (C=O) groups is 1. The van der Waals surface area contributed by atoms with Crippen LogP contribution in [0.25, 0.3) is 5.69 Å². The van der Waals surface area contributed by atoms with Gasteiger partial charge in [-0.05, 0) is 50.2 Å². The van der Waals surface area contributed by atoms with Crippen molar-refractivity contribution in [3.63, 3.8) is 0 Å². The topological polar surface area (TPSA) is 60.6 Å². The molecule has 0 aliphatic rings. The molecule has 1 unspecified atom stereocenters. The molecule has 8 heteroatoms. The highest BCUT2D eigenvalue weighted by Crippen LogP contribution is 2.22. The van der Waals surface area contributed by atoms with E-state index in [1.807, 2.05) is 55.9 Å². The second-order valence-electron chi connectivity index (χ2n) is 7.17. The summed E-state index contributed by atoms with van der Waals surface area (Å²) in [7, 11) is 1.90. The molecule has 0 radical (unpaired) electrons. The molecule has 30 heavy (non-hydrogen) atoms. The van der Waals surface area contributed by atoms with E-state index in [4.69, 9.17) is 0 Å². The number of nitrogens with one attached hydrogen (secondary N) is 2. The van der Waals surface area contributed by atoms with Gasteiger partial charge in [0.25, 0.3) is 5.91 Å². The van der Waals surface area contributed by atoms with E-state index in [0.29, 0.717) is 12.2 Å². The molecular weight excluding hydrogens is 390 g/mol. The lowest BCUT2D eigenvalue weighted by Gasteiger charge is -2.14. The van der Waals surface area contributed by atoms with Gasteiger partial charge in [-0.25, -0.2) is 4.68 Å². The van der Waals surface area contributed by atoms with Gasteiger partial charge in [-0.2, -0.15) is 13.9 Å². The van der Waals surface area contributed by atoms with Crippen molar-refractivity contribution in [1.82, 2.24) is 9.78 Å². The summed E-state index contributed by atoms with van der Waals surface area (Å²) in [6.45, 7) is 1.77. The number of nitrogens with zero attached hydrogens (tertiary/aromatic N) is 2. The minimum Gasteiger partial charge on any atom is -0.435 e. The molecule has 2 aromatic carbocycles. The van der Waals surface area contributed by atoms with Crippen molar-refractivity contribution >= 4 is 11.6 Å². The number of para-hydroxylation sites is 1. The second kappa shape index (κ2) is 9.49. The molecular formula is C22H25F2N4O2+. The number of aryl methyl sites for hydroxylation is 1. The molecule has 1 heterocycles. The number of aromatic nitrogens is 2. The zero-order valence-electron chi connectivity index (χ0n) is 17.2.